The minimum atomic E-state index is -0.613. The molecule has 5 heteroatoms. The Hall–Kier alpha value is -1.75. The lowest BCUT2D eigenvalue weighted by molar-refractivity contribution is -0.127. The van der Waals surface area contributed by atoms with Gasteiger partial charge in [0, 0.05) is 6.04 Å². The highest BCUT2D eigenvalue weighted by atomic mass is 16.5. The molecule has 21 heavy (non-hydrogen) atoms. The maximum Gasteiger partial charge on any atom is 0.260 e. The molecule has 0 fully saturated rings. The standard InChI is InChI=1S/C16H25NO4/c1-5-6-11(2)17-16(19)12(3)21-14-8-7-13(10-18)9-15(14)20-4/h7-9,11-12,18H,5-6,10H2,1-4H3,(H,17,19). The van der Waals surface area contributed by atoms with Gasteiger partial charge in [0.05, 0.1) is 13.7 Å². The summed E-state index contributed by atoms with van der Waals surface area (Å²) in [5.41, 5.74) is 0.730. The number of methoxy groups -OCH3 is 1. The van der Waals surface area contributed by atoms with Crippen LogP contribution in [0.4, 0.5) is 0 Å². The number of amides is 1. The molecular formula is C16H25NO4. The van der Waals surface area contributed by atoms with Gasteiger partial charge in [0.2, 0.25) is 0 Å². The highest BCUT2D eigenvalue weighted by Crippen LogP contribution is 2.29. The zero-order chi connectivity index (χ0) is 15.8. The van der Waals surface area contributed by atoms with Gasteiger partial charge in [-0.1, -0.05) is 19.4 Å². The van der Waals surface area contributed by atoms with E-state index in [-0.39, 0.29) is 18.6 Å². The average Bonchev–Trinajstić information content (AvgIpc) is 2.47. The van der Waals surface area contributed by atoms with Gasteiger partial charge in [0.25, 0.3) is 5.91 Å². The van der Waals surface area contributed by atoms with E-state index in [1.54, 1.807) is 25.1 Å². The lowest BCUT2D eigenvalue weighted by Gasteiger charge is -2.19. The minimum Gasteiger partial charge on any atom is -0.493 e. The first-order valence-electron chi connectivity index (χ1n) is 7.26. The van der Waals surface area contributed by atoms with Crippen molar-refractivity contribution in [2.45, 2.75) is 52.4 Å². The van der Waals surface area contributed by atoms with Gasteiger partial charge in [-0.3, -0.25) is 4.79 Å². The second-order valence-corrected chi connectivity index (χ2v) is 5.10. The summed E-state index contributed by atoms with van der Waals surface area (Å²) in [4.78, 5) is 12.0. The van der Waals surface area contributed by atoms with Crippen LogP contribution in [0.5, 0.6) is 11.5 Å². The van der Waals surface area contributed by atoms with Crippen molar-refractivity contribution >= 4 is 5.91 Å². The third-order valence-corrected chi connectivity index (χ3v) is 3.19. The molecule has 2 atom stereocenters. The molecule has 0 spiro atoms. The summed E-state index contributed by atoms with van der Waals surface area (Å²) in [5, 5.41) is 12.0. The number of benzene rings is 1. The first-order chi connectivity index (χ1) is 10.0. The van der Waals surface area contributed by atoms with Crippen molar-refractivity contribution < 1.29 is 19.4 Å². The number of ether oxygens (including phenoxy) is 2. The van der Waals surface area contributed by atoms with Crippen LogP contribution in [0.25, 0.3) is 0 Å². The number of hydrogen-bond donors (Lipinski definition) is 2. The fraction of sp³-hybridized carbons (Fsp3) is 0.562. The largest absolute Gasteiger partial charge is 0.493 e. The van der Waals surface area contributed by atoms with Crippen LogP contribution < -0.4 is 14.8 Å². The molecule has 0 aromatic heterocycles. The molecule has 0 heterocycles. The van der Waals surface area contributed by atoms with Gasteiger partial charge in [-0.25, -0.2) is 0 Å². The molecule has 2 N–H and O–H groups in total. The van der Waals surface area contributed by atoms with E-state index < -0.39 is 6.10 Å². The number of carbonyl (C=O) groups is 1. The number of rotatable bonds is 8. The molecule has 0 saturated carbocycles. The summed E-state index contributed by atoms with van der Waals surface area (Å²) in [6.45, 7) is 5.69. The molecule has 0 aliphatic heterocycles. The SMILES string of the molecule is CCCC(C)NC(=O)C(C)Oc1ccc(CO)cc1OC. The number of hydrogen-bond acceptors (Lipinski definition) is 4. The van der Waals surface area contributed by atoms with Crippen molar-refractivity contribution in [3.05, 3.63) is 23.8 Å². The Morgan fingerprint density at radius 3 is 2.62 bits per heavy atom. The van der Waals surface area contributed by atoms with Crippen molar-refractivity contribution in [2.75, 3.05) is 7.11 Å². The van der Waals surface area contributed by atoms with Gasteiger partial charge in [0.15, 0.2) is 17.6 Å². The lowest BCUT2D eigenvalue weighted by Crippen LogP contribution is -2.41. The van der Waals surface area contributed by atoms with Crippen LogP contribution in [-0.2, 0) is 11.4 Å². The lowest BCUT2D eigenvalue weighted by atomic mass is 10.2. The smallest absolute Gasteiger partial charge is 0.260 e. The Labute approximate surface area is 126 Å². The van der Waals surface area contributed by atoms with Crippen molar-refractivity contribution in [1.29, 1.82) is 0 Å². The van der Waals surface area contributed by atoms with Crippen LogP contribution in [-0.4, -0.2) is 30.3 Å². The van der Waals surface area contributed by atoms with Crippen LogP contribution >= 0.6 is 0 Å². The first-order valence-corrected chi connectivity index (χ1v) is 7.26. The minimum absolute atomic E-state index is 0.0682. The fourth-order valence-electron chi connectivity index (χ4n) is 2.02. The summed E-state index contributed by atoms with van der Waals surface area (Å²) in [6.07, 6.45) is 1.35. The van der Waals surface area contributed by atoms with Crippen molar-refractivity contribution in [1.82, 2.24) is 5.32 Å². The Morgan fingerprint density at radius 2 is 2.05 bits per heavy atom. The maximum atomic E-state index is 12.0. The number of nitrogens with one attached hydrogen (secondary N) is 1. The topological polar surface area (TPSA) is 67.8 Å². The summed E-state index contributed by atoms with van der Waals surface area (Å²) in [5.74, 6) is 0.840. The monoisotopic (exact) mass is 295 g/mol. The Bertz CT molecular complexity index is 462. The first kappa shape index (κ1) is 17.3. The van der Waals surface area contributed by atoms with Crippen LogP contribution in [0.1, 0.15) is 39.2 Å². The number of aliphatic hydroxyl groups excluding tert-OH is 1. The second kappa shape index (κ2) is 8.52. The molecule has 1 aromatic carbocycles. The molecule has 1 aromatic rings. The molecule has 1 rings (SSSR count). The molecule has 0 saturated heterocycles. The summed E-state index contributed by atoms with van der Waals surface area (Å²) in [7, 11) is 1.53. The molecule has 0 aliphatic rings. The zero-order valence-corrected chi connectivity index (χ0v) is 13.2. The van der Waals surface area contributed by atoms with Gasteiger partial charge < -0.3 is 19.9 Å². The second-order valence-electron chi connectivity index (χ2n) is 5.10. The van der Waals surface area contributed by atoms with E-state index in [2.05, 4.69) is 12.2 Å². The molecule has 2 unspecified atom stereocenters. The van der Waals surface area contributed by atoms with Gasteiger partial charge in [-0.2, -0.15) is 0 Å². The van der Waals surface area contributed by atoms with Crippen molar-refractivity contribution in [3.63, 3.8) is 0 Å². The number of aliphatic hydroxyl groups is 1. The highest BCUT2D eigenvalue weighted by Gasteiger charge is 2.18. The summed E-state index contributed by atoms with van der Waals surface area (Å²) in [6, 6.07) is 5.26. The maximum absolute atomic E-state index is 12.0. The normalized spacial score (nSPS) is 13.4. The quantitative estimate of drug-likeness (QED) is 0.772. The molecule has 0 radical (unpaired) electrons. The van der Waals surface area contributed by atoms with E-state index in [1.807, 2.05) is 6.92 Å². The van der Waals surface area contributed by atoms with E-state index in [1.165, 1.54) is 7.11 Å². The average molecular weight is 295 g/mol. The molecule has 1 amide bonds. The Balaban J connectivity index is 2.69. The third kappa shape index (κ3) is 5.27. The highest BCUT2D eigenvalue weighted by molar-refractivity contribution is 5.81. The van der Waals surface area contributed by atoms with Crippen molar-refractivity contribution in [3.8, 4) is 11.5 Å². The van der Waals surface area contributed by atoms with Gasteiger partial charge in [-0.15, -0.1) is 0 Å². The van der Waals surface area contributed by atoms with Gasteiger partial charge in [-0.05, 0) is 38.0 Å². The molecule has 5 nitrogen and oxygen atoms in total. The predicted octanol–water partition coefficient (Wildman–Crippen LogP) is 2.26. The summed E-state index contributed by atoms with van der Waals surface area (Å²) < 4.78 is 10.9. The molecule has 0 bridgehead atoms. The Kier molecular flexibility index (Phi) is 7.02. The van der Waals surface area contributed by atoms with E-state index in [0.29, 0.717) is 11.5 Å². The number of carbonyl (C=O) groups excluding carboxylic acids is 1. The molecule has 118 valence electrons. The third-order valence-electron chi connectivity index (χ3n) is 3.19. The van der Waals surface area contributed by atoms with E-state index in [9.17, 15) is 4.79 Å². The van der Waals surface area contributed by atoms with Crippen molar-refractivity contribution in [2.24, 2.45) is 0 Å². The van der Waals surface area contributed by atoms with Gasteiger partial charge in [0.1, 0.15) is 0 Å². The van der Waals surface area contributed by atoms with Crippen LogP contribution in [0.3, 0.4) is 0 Å². The predicted molar refractivity (Wildman–Crippen MR) is 81.5 cm³/mol. The fourth-order valence-corrected chi connectivity index (χ4v) is 2.02. The van der Waals surface area contributed by atoms with Crippen LogP contribution in [0, 0.1) is 0 Å². The summed E-state index contributed by atoms with van der Waals surface area (Å²) >= 11 is 0. The molecule has 0 aliphatic carbocycles. The van der Waals surface area contributed by atoms with Crippen LogP contribution in [0.15, 0.2) is 18.2 Å². The Morgan fingerprint density at radius 1 is 1.33 bits per heavy atom. The van der Waals surface area contributed by atoms with Gasteiger partial charge >= 0.3 is 0 Å². The zero-order valence-electron chi connectivity index (χ0n) is 13.2. The van der Waals surface area contributed by atoms with E-state index in [4.69, 9.17) is 14.6 Å². The van der Waals surface area contributed by atoms with E-state index >= 15 is 0 Å². The van der Waals surface area contributed by atoms with E-state index in [0.717, 1.165) is 18.4 Å². The molecular weight excluding hydrogens is 270 g/mol. The van der Waals surface area contributed by atoms with Crippen LogP contribution in [0.2, 0.25) is 0 Å².